The van der Waals surface area contributed by atoms with Gasteiger partial charge >= 0.3 is 11.9 Å². The van der Waals surface area contributed by atoms with Gasteiger partial charge in [0.1, 0.15) is 13.2 Å². The van der Waals surface area contributed by atoms with Crippen LogP contribution in [0.25, 0.3) is 0 Å². The second-order valence-electron chi connectivity index (χ2n) is 25.9. The number of quaternary nitrogens is 1. The second kappa shape index (κ2) is 66.2. The van der Waals surface area contributed by atoms with E-state index in [4.69, 9.17) is 18.9 Å². The molecule has 9 nitrogen and oxygen atoms in total. The van der Waals surface area contributed by atoms with Crippen molar-refractivity contribution >= 4 is 17.9 Å². The Hall–Kier alpha value is -2.75. The third-order valence-corrected chi connectivity index (χ3v) is 16.3. The molecule has 0 aliphatic rings. The highest BCUT2D eigenvalue weighted by atomic mass is 16.7. The van der Waals surface area contributed by atoms with Crippen molar-refractivity contribution in [3.63, 3.8) is 0 Å². The zero-order chi connectivity index (χ0) is 61.2. The third kappa shape index (κ3) is 66.8. The number of nitrogens with zero attached hydrogens (tertiary/aromatic N) is 1. The number of unbranched alkanes of at least 4 members (excludes halogenated alkanes) is 45. The van der Waals surface area contributed by atoms with Gasteiger partial charge in [-0.05, 0) is 51.4 Å². The fourth-order valence-corrected chi connectivity index (χ4v) is 10.8. The number of esters is 2. The molecule has 0 heterocycles. The summed E-state index contributed by atoms with van der Waals surface area (Å²) in [6.07, 6.45) is 82.3. The van der Waals surface area contributed by atoms with Gasteiger partial charge in [0.05, 0.1) is 40.3 Å². The van der Waals surface area contributed by atoms with Crippen LogP contribution < -0.4 is 5.11 Å². The molecule has 0 aliphatic heterocycles. The fourth-order valence-electron chi connectivity index (χ4n) is 10.8. The minimum Gasteiger partial charge on any atom is -0.545 e. The lowest BCUT2D eigenvalue weighted by Gasteiger charge is -2.26. The number of allylic oxidation sites excluding steroid dienone is 8. The Bertz CT molecular complexity index is 1520. The van der Waals surface area contributed by atoms with E-state index in [0.29, 0.717) is 23.9 Å². The second-order valence-corrected chi connectivity index (χ2v) is 25.9. The standard InChI is InChI=1S/C75H139NO8/c1-6-8-10-12-14-16-18-20-22-24-26-28-29-30-31-32-33-34-35-36-37-38-39-40-41-42-43-44-46-47-49-51-53-55-57-59-61-63-65-72(77)82-69-71(70-83-75(74(79)80)81-68-67-76(3,4)5)84-73(78)66-64-62-60-58-56-54-52-50-48-45-27-25-23-21-19-17-15-13-11-9-7-2/h9,11,15,17,21,23,27,45,71,75H,6-8,10,12-14,16,18-20,22,24-26,28-44,46-70H2,1-5H3/b11-9-,17-15-,23-21-,45-27-. The first-order valence-corrected chi connectivity index (χ1v) is 36.3. The van der Waals surface area contributed by atoms with Crippen LogP contribution in [0.1, 0.15) is 354 Å². The van der Waals surface area contributed by atoms with Crippen LogP contribution in [-0.4, -0.2) is 82.3 Å². The van der Waals surface area contributed by atoms with Crippen molar-refractivity contribution in [2.24, 2.45) is 0 Å². The normalized spacial score (nSPS) is 12.9. The number of carbonyl (C=O) groups is 3. The molecule has 0 aliphatic carbocycles. The molecule has 0 saturated carbocycles. The van der Waals surface area contributed by atoms with Crippen molar-refractivity contribution in [1.82, 2.24) is 0 Å². The summed E-state index contributed by atoms with van der Waals surface area (Å²) in [5.41, 5.74) is 0. The maximum atomic E-state index is 12.9. The van der Waals surface area contributed by atoms with Crippen LogP contribution in [0.3, 0.4) is 0 Å². The zero-order valence-corrected chi connectivity index (χ0v) is 56.3. The number of carbonyl (C=O) groups excluding carboxylic acids is 3. The van der Waals surface area contributed by atoms with Crippen LogP contribution in [0.2, 0.25) is 0 Å². The molecule has 0 bridgehead atoms. The summed E-state index contributed by atoms with van der Waals surface area (Å²) in [7, 11) is 5.93. The number of hydrogen-bond acceptors (Lipinski definition) is 8. The highest BCUT2D eigenvalue weighted by Crippen LogP contribution is 2.19. The molecule has 84 heavy (non-hydrogen) atoms. The van der Waals surface area contributed by atoms with Gasteiger partial charge < -0.3 is 33.3 Å². The van der Waals surface area contributed by atoms with Gasteiger partial charge in [-0.2, -0.15) is 0 Å². The predicted octanol–water partition coefficient (Wildman–Crippen LogP) is 21.2. The maximum absolute atomic E-state index is 12.9. The Kier molecular flexibility index (Phi) is 64.0. The Morgan fingerprint density at radius 1 is 0.369 bits per heavy atom. The van der Waals surface area contributed by atoms with Gasteiger partial charge in [-0.3, -0.25) is 9.59 Å². The first kappa shape index (κ1) is 81.2. The molecule has 0 aromatic carbocycles. The molecule has 0 spiro atoms. The molecule has 2 atom stereocenters. The summed E-state index contributed by atoms with van der Waals surface area (Å²) in [6, 6.07) is 0. The van der Waals surface area contributed by atoms with Crippen LogP contribution >= 0.6 is 0 Å². The third-order valence-electron chi connectivity index (χ3n) is 16.3. The van der Waals surface area contributed by atoms with Gasteiger partial charge in [-0.15, -0.1) is 0 Å². The number of aliphatic carboxylic acids is 1. The molecular weight excluding hydrogens is 1040 g/mol. The number of hydrogen-bond donors (Lipinski definition) is 0. The molecule has 0 rings (SSSR count). The molecule has 0 radical (unpaired) electrons. The number of ether oxygens (including phenoxy) is 4. The molecule has 0 fully saturated rings. The molecule has 0 saturated heterocycles. The maximum Gasteiger partial charge on any atom is 0.306 e. The number of carboxylic acid groups (broad SMARTS) is 1. The SMILES string of the molecule is CC/C=C\C/C=C\C/C=C\C/C=C\CCCCCCCCCCC(=O)OC(COC(=O)CCCCCCCCCCCCCCCCCCCCCCCCCCCCCCCCCCCCCCCC)COC(OCC[N+](C)(C)C)C(=O)[O-]. The summed E-state index contributed by atoms with van der Waals surface area (Å²) in [5, 5.41) is 11.8. The van der Waals surface area contributed by atoms with E-state index >= 15 is 0 Å². The van der Waals surface area contributed by atoms with E-state index in [1.165, 1.54) is 250 Å². The highest BCUT2D eigenvalue weighted by molar-refractivity contribution is 5.70. The van der Waals surface area contributed by atoms with Gasteiger partial charge in [-0.1, -0.05) is 339 Å². The minimum atomic E-state index is -1.62. The van der Waals surface area contributed by atoms with Crippen molar-refractivity contribution < 1.29 is 42.9 Å². The monoisotopic (exact) mass is 1180 g/mol. The van der Waals surface area contributed by atoms with Crippen LogP contribution in [0, 0.1) is 0 Å². The topological polar surface area (TPSA) is 111 Å². The molecule has 9 heteroatoms. The summed E-state index contributed by atoms with van der Waals surface area (Å²) in [6.45, 7) is 4.68. The lowest BCUT2D eigenvalue weighted by molar-refractivity contribution is -0.870. The highest BCUT2D eigenvalue weighted by Gasteiger charge is 2.22. The average molecular weight is 1180 g/mol. The molecule has 2 unspecified atom stereocenters. The Morgan fingerprint density at radius 3 is 1.01 bits per heavy atom. The largest absolute Gasteiger partial charge is 0.545 e. The Balaban J connectivity index is 3.96. The summed E-state index contributed by atoms with van der Waals surface area (Å²) in [4.78, 5) is 37.5. The first-order chi connectivity index (χ1) is 41.1. The van der Waals surface area contributed by atoms with Crippen molar-refractivity contribution in [2.75, 3.05) is 47.5 Å². The average Bonchev–Trinajstić information content (AvgIpc) is 3.55. The van der Waals surface area contributed by atoms with Crippen molar-refractivity contribution in [1.29, 1.82) is 0 Å². The smallest absolute Gasteiger partial charge is 0.306 e. The van der Waals surface area contributed by atoms with Crippen LogP contribution in [0.5, 0.6) is 0 Å². The number of likely N-dealkylation sites (N-methyl/N-ethyl adjacent to an activating group) is 1. The number of rotatable bonds is 68. The van der Waals surface area contributed by atoms with Crippen molar-refractivity contribution in [2.45, 2.75) is 367 Å². The van der Waals surface area contributed by atoms with Gasteiger partial charge in [0.15, 0.2) is 12.4 Å². The van der Waals surface area contributed by atoms with E-state index in [9.17, 15) is 19.5 Å². The quantitative estimate of drug-likeness (QED) is 0.0195. The van der Waals surface area contributed by atoms with E-state index in [2.05, 4.69) is 62.5 Å². The first-order valence-electron chi connectivity index (χ1n) is 36.3. The lowest BCUT2D eigenvalue weighted by Crippen LogP contribution is -2.44. The lowest BCUT2D eigenvalue weighted by atomic mass is 10.0. The van der Waals surface area contributed by atoms with Crippen molar-refractivity contribution in [3.8, 4) is 0 Å². The van der Waals surface area contributed by atoms with E-state index < -0.39 is 24.3 Å². The summed E-state index contributed by atoms with van der Waals surface area (Å²) in [5.74, 6) is -2.28. The molecule has 0 aromatic heterocycles. The molecule has 0 aromatic rings. The molecule has 0 N–H and O–H groups in total. The van der Waals surface area contributed by atoms with Crippen LogP contribution in [0.15, 0.2) is 48.6 Å². The zero-order valence-electron chi connectivity index (χ0n) is 56.3. The molecule has 492 valence electrons. The van der Waals surface area contributed by atoms with Gasteiger partial charge in [0.2, 0.25) is 0 Å². The summed E-state index contributed by atoms with van der Waals surface area (Å²) >= 11 is 0. The molecular formula is C75H139NO8. The number of carboxylic acids is 1. The minimum absolute atomic E-state index is 0.146. The van der Waals surface area contributed by atoms with Crippen molar-refractivity contribution in [3.05, 3.63) is 48.6 Å². The Labute approximate surface area is 521 Å². The van der Waals surface area contributed by atoms with Crippen LogP contribution in [0.4, 0.5) is 0 Å². The van der Waals surface area contributed by atoms with Gasteiger partial charge in [0.25, 0.3) is 0 Å². The Morgan fingerprint density at radius 2 is 0.679 bits per heavy atom. The van der Waals surface area contributed by atoms with Crippen LogP contribution in [-0.2, 0) is 33.3 Å². The van der Waals surface area contributed by atoms with E-state index in [0.717, 1.165) is 70.6 Å². The van der Waals surface area contributed by atoms with Gasteiger partial charge in [-0.25, -0.2) is 0 Å². The fraction of sp³-hybridized carbons (Fsp3) is 0.853. The van der Waals surface area contributed by atoms with E-state index in [1.54, 1.807) is 0 Å². The van der Waals surface area contributed by atoms with Gasteiger partial charge in [0, 0.05) is 12.8 Å². The van der Waals surface area contributed by atoms with E-state index in [1.807, 2.05) is 21.1 Å². The molecule has 0 amide bonds. The predicted molar refractivity (Wildman–Crippen MR) is 357 cm³/mol. The van der Waals surface area contributed by atoms with E-state index in [-0.39, 0.29) is 32.2 Å². The summed E-state index contributed by atoms with van der Waals surface area (Å²) < 4.78 is 22.8.